The molecule has 1 atom stereocenters. The molecule has 1 unspecified atom stereocenters. The molecule has 0 fully saturated rings. The molecule has 0 spiro atoms. The summed E-state index contributed by atoms with van der Waals surface area (Å²) < 4.78 is 0. The van der Waals surface area contributed by atoms with E-state index in [1.54, 1.807) is 36.0 Å². The number of halogens is 4. The van der Waals surface area contributed by atoms with Crippen molar-refractivity contribution in [3.63, 3.8) is 0 Å². The number of benzene rings is 3. The summed E-state index contributed by atoms with van der Waals surface area (Å²) in [5.41, 5.74) is 3.01. The van der Waals surface area contributed by atoms with Gasteiger partial charge in [0.1, 0.15) is 17.4 Å². The van der Waals surface area contributed by atoms with Crippen molar-refractivity contribution in [1.82, 2.24) is 9.97 Å². The zero-order valence-corrected chi connectivity index (χ0v) is 18.9. The van der Waals surface area contributed by atoms with E-state index < -0.39 is 6.10 Å². The molecule has 0 saturated carbocycles. The minimum absolute atomic E-state index is 0.337. The van der Waals surface area contributed by atoms with Gasteiger partial charge >= 0.3 is 0 Å². The number of aromatic amines is 1. The third-order valence-electron chi connectivity index (χ3n) is 4.58. The Kier molecular flexibility index (Phi) is 6.03. The largest absolute Gasteiger partial charge is 0.380 e. The molecule has 1 aromatic heterocycles. The Bertz CT molecular complexity index is 1210. The molecule has 2 N–H and O–H groups in total. The van der Waals surface area contributed by atoms with E-state index in [9.17, 15) is 5.11 Å². The van der Waals surface area contributed by atoms with Crippen molar-refractivity contribution in [3.05, 3.63) is 80.0 Å². The minimum Gasteiger partial charge on any atom is -0.380 e. The highest BCUT2D eigenvalue weighted by atomic mass is 35.5. The molecular formula is C21H14Cl4N2OS. The van der Waals surface area contributed by atoms with Crippen LogP contribution in [0.5, 0.6) is 0 Å². The summed E-state index contributed by atoms with van der Waals surface area (Å²) in [4.78, 5) is 8.76. The van der Waals surface area contributed by atoms with Gasteiger partial charge < -0.3 is 10.1 Å². The Labute approximate surface area is 192 Å². The number of imidazole rings is 1. The summed E-state index contributed by atoms with van der Waals surface area (Å²) in [6.07, 6.45) is 1.08. The van der Waals surface area contributed by atoms with Gasteiger partial charge in [-0.25, -0.2) is 4.98 Å². The second-order valence-corrected chi connectivity index (χ2v) is 8.87. The highest BCUT2D eigenvalue weighted by Gasteiger charge is 2.21. The Hall–Kier alpha value is -1.40. The molecule has 148 valence electrons. The zero-order chi connectivity index (χ0) is 20.7. The molecule has 3 nitrogen and oxygen atoms in total. The van der Waals surface area contributed by atoms with Crippen molar-refractivity contribution >= 4 is 69.2 Å². The first-order chi connectivity index (χ1) is 13.9. The average Bonchev–Trinajstić information content (AvgIpc) is 3.14. The van der Waals surface area contributed by atoms with Crippen molar-refractivity contribution in [2.75, 3.05) is 6.26 Å². The third-order valence-corrected chi connectivity index (χ3v) is 6.55. The highest BCUT2D eigenvalue weighted by molar-refractivity contribution is 7.98. The third kappa shape index (κ3) is 3.98. The first-order valence-corrected chi connectivity index (χ1v) is 11.3. The lowest BCUT2D eigenvalue weighted by molar-refractivity contribution is 0.211. The molecule has 4 rings (SSSR count). The van der Waals surface area contributed by atoms with E-state index in [1.165, 1.54) is 0 Å². The van der Waals surface area contributed by atoms with Crippen molar-refractivity contribution < 1.29 is 5.11 Å². The van der Waals surface area contributed by atoms with E-state index in [-0.39, 0.29) is 0 Å². The van der Waals surface area contributed by atoms with Crippen LogP contribution in [-0.2, 0) is 0 Å². The number of nitrogens with one attached hydrogen (secondary N) is 1. The Morgan fingerprint density at radius 1 is 0.966 bits per heavy atom. The molecule has 1 heterocycles. The number of aromatic nitrogens is 2. The van der Waals surface area contributed by atoms with Crippen LogP contribution in [0.3, 0.4) is 0 Å². The minimum atomic E-state index is -0.925. The van der Waals surface area contributed by atoms with Crippen LogP contribution >= 0.6 is 58.2 Å². The highest BCUT2D eigenvalue weighted by Crippen LogP contribution is 2.43. The molecule has 0 aliphatic heterocycles. The molecule has 0 aliphatic rings. The van der Waals surface area contributed by atoms with Gasteiger partial charge in [-0.2, -0.15) is 0 Å². The van der Waals surface area contributed by atoms with Gasteiger partial charge in [0, 0.05) is 26.1 Å². The Balaban J connectivity index is 1.82. The van der Waals surface area contributed by atoms with Crippen molar-refractivity contribution in [3.8, 4) is 11.1 Å². The van der Waals surface area contributed by atoms with E-state index in [4.69, 9.17) is 46.4 Å². The maximum atomic E-state index is 10.8. The van der Waals surface area contributed by atoms with Crippen LogP contribution in [0.15, 0.2) is 53.4 Å². The number of aliphatic hydroxyl groups is 1. The second kappa shape index (κ2) is 8.38. The number of nitrogens with zero attached hydrogens (tertiary/aromatic N) is 1. The lowest BCUT2D eigenvalue weighted by atomic mass is 10.0. The zero-order valence-electron chi connectivity index (χ0n) is 15.0. The standard InChI is InChI=1S/C21H14Cl4N2OS/c1-29-12-5-2-10(3-6-12)20(28)21-26-16-9-15(24)17(18(25)19(16)27-21)13-8-11(22)4-7-14(13)23/h2-9,20,28H,1H3,(H,26,27). The molecule has 0 aliphatic carbocycles. The Morgan fingerprint density at radius 2 is 1.69 bits per heavy atom. The van der Waals surface area contributed by atoms with Crippen LogP contribution in [0.25, 0.3) is 22.2 Å². The van der Waals surface area contributed by atoms with Crippen molar-refractivity contribution in [1.29, 1.82) is 0 Å². The monoisotopic (exact) mass is 482 g/mol. The average molecular weight is 484 g/mol. The number of hydrogen-bond donors (Lipinski definition) is 2. The van der Waals surface area contributed by atoms with Gasteiger partial charge in [-0.1, -0.05) is 58.5 Å². The van der Waals surface area contributed by atoms with Crippen LogP contribution in [0.2, 0.25) is 20.1 Å². The van der Waals surface area contributed by atoms with Crippen LogP contribution in [0, 0.1) is 0 Å². The topological polar surface area (TPSA) is 48.9 Å². The normalized spacial score (nSPS) is 12.5. The fraction of sp³-hybridized carbons (Fsp3) is 0.0952. The van der Waals surface area contributed by atoms with E-state index in [0.717, 1.165) is 10.5 Å². The summed E-state index contributed by atoms with van der Waals surface area (Å²) >= 11 is 27.3. The van der Waals surface area contributed by atoms with E-state index in [2.05, 4.69) is 9.97 Å². The van der Waals surface area contributed by atoms with Crippen molar-refractivity contribution in [2.45, 2.75) is 11.0 Å². The van der Waals surface area contributed by atoms with Gasteiger partial charge in [-0.15, -0.1) is 11.8 Å². The number of fused-ring (bicyclic) bond motifs is 1. The molecule has 0 saturated heterocycles. The second-order valence-electron chi connectivity index (χ2n) is 6.37. The van der Waals surface area contributed by atoms with Gasteiger partial charge in [0.25, 0.3) is 0 Å². The summed E-state index contributed by atoms with van der Waals surface area (Å²) in [7, 11) is 0. The first kappa shape index (κ1) is 20.9. The lowest BCUT2D eigenvalue weighted by Gasteiger charge is -2.10. The van der Waals surface area contributed by atoms with Crippen LogP contribution < -0.4 is 0 Å². The Morgan fingerprint density at radius 3 is 2.38 bits per heavy atom. The molecule has 29 heavy (non-hydrogen) atoms. The summed E-state index contributed by atoms with van der Waals surface area (Å²) in [6.45, 7) is 0. The van der Waals surface area contributed by atoms with E-state index in [0.29, 0.717) is 48.1 Å². The SMILES string of the molecule is CSc1ccc(C(O)c2nc3c(Cl)c(-c4cc(Cl)ccc4Cl)c(Cl)cc3[nH]2)cc1. The quantitative estimate of drug-likeness (QED) is 0.293. The fourth-order valence-electron chi connectivity index (χ4n) is 3.11. The van der Waals surface area contributed by atoms with Crippen LogP contribution in [-0.4, -0.2) is 21.3 Å². The molecule has 3 aromatic carbocycles. The first-order valence-electron chi connectivity index (χ1n) is 8.54. The van der Waals surface area contributed by atoms with Crippen LogP contribution in [0.4, 0.5) is 0 Å². The van der Waals surface area contributed by atoms with Gasteiger partial charge in [0.2, 0.25) is 0 Å². The van der Waals surface area contributed by atoms with Gasteiger partial charge in [-0.05, 0) is 48.2 Å². The molecule has 8 heteroatoms. The smallest absolute Gasteiger partial charge is 0.140 e. The predicted octanol–water partition coefficient (Wildman–Crippen LogP) is 7.65. The van der Waals surface area contributed by atoms with Gasteiger partial charge in [0.05, 0.1) is 15.6 Å². The van der Waals surface area contributed by atoms with Crippen molar-refractivity contribution in [2.24, 2.45) is 0 Å². The number of rotatable bonds is 4. The van der Waals surface area contributed by atoms with Crippen LogP contribution in [0.1, 0.15) is 17.5 Å². The molecule has 0 bridgehead atoms. The number of thioether (sulfide) groups is 1. The molecular weight excluding hydrogens is 470 g/mol. The fourth-order valence-corrected chi connectivity index (χ4v) is 4.60. The number of aliphatic hydroxyl groups excluding tert-OH is 1. The maximum Gasteiger partial charge on any atom is 0.140 e. The van der Waals surface area contributed by atoms with Gasteiger partial charge in [-0.3, -0.25) is 0 Å². The molecule has 0 amide bonds. The van der Waals surface area contributed by atoms with Gasteiger partial charge in [0.15, 0.2) is 0 Å². The summed E-state index contributed by atoms with van der Waals surface area (Å²) in [6, 6.07) is 14.5. The molecule has 4 aromatic rings. The predicted molar refractivity (Wildman–Crippen MR) is 124 cm³/mol. The summed E-state index contributed by atoms with van der Waals surface area (Å²) in [5.74, 6) is 0.379. The van der Waals surface area contributed by atoms with E-state index >= 15 is 0 Å². The van der Waals surface area contributed by atoms with E-state index in [1.807, 2.05) is 30.5 Å². The lowest BCUT2D eigenvalue weighted by Crippen LogP contribution is -2.01. The summed E-state index contributed by atoms with van der Waals surface area (Å²) in [5, 5.41) is 12.5. The number of hydrogen-bond acceptors (Lipinski definition) is 3. The molecule has 0 radical (unpaired) electrons. The number of H-pyrrole nitrogens is 1. The maximum absolute atomic E-state index is 10.8.